The van der Waals surface area contributed by atoms with E-state index in [1.54, 1.807) is 0 Å². The van der Waals surface area contributed by atoms with Crippen LogP contribution < -0.4 is 9.47 Å². The van der Waals surface area contributed by atoms with Crippen LogP contribution in [0.1, 0.15) is 41.0 Å². The average molecular weight is 599 g/mol. The van der Waals surface area contributed by atoms with E-state index in [0.717, 1.165) is 38.9 Å². The monoisotopic (exact) mass is 598 g/mol. The molecule has 0 radical (unpaired) electrons. The van der Waals surface area contributed by atoms with Crippen LogP contribution in [0.3, 0.4) is 0 Å². The maximum absolute atomic E-state index is 11.3. The van der Waals surface area contributed by atoms with Crippen LogP contribution in [0.4, 0.5) is 0 Å². The van der Waals surface area contributed by atoms with E-state index in [1.165, 1.54) is 12.5 Å². The number of carboxylic acids is 1. The van der Waals surface area contributed by atoms with E-state index < -0.39 is 12.1 Å². The van der Waals surface area contributed by atoms with Gasteiger partial charge in [-0.1, -0.05) is 96.7 Å². The zero-order chi connectivity index (χ0) is 31.6. The quantitative estimate of drug-likeness (QED) is 0.0832. The standard InChI is InChI=1S/C38H34N2O5/c1-26(12-13-29-9-5-4-8-27(29)2)24-43-34-20-15-31(16-21-34)37(45-40-28(3)38(41)42)32-17-22-35(23-18-32)44-25-33-19-14-30-10-6-7-11-36(30)39-33/h4-23,37H,1,24-25H2,2-3H3,(H,41,42)/b13-12-,40-28+. The summed E-state index contributed by atoms with van der Waals surface area (Å²) in [4.78, 5) is 21.8. The minimum atomic E-state index is -1.15. The van der Waals surface area contributed by atoms with Crippen molar-refractivity contribution in [3.63, 3.8) is 0 Å². The second-order valence-corrected chi connectivity index (χ2v) is 10.5. The molecule has 0 aliphatic carbocycles. The van der Waals surface area contributed by atoms with Gasteiger partial charge in [0.2, 0.25) is 0 Å². The van der Waals surface area contributed by atoms with Gasteiger partial charge in [0, 0.05) is 5.39 Å². The molecule has 45 heavy (non-hydrogen) atoms. The lowest BCUT2D eigenvalue weighted by Crippen LogP contribution is -2.11. The molecule has 0 aliphatic rings. The SMILES string of the molecule is C=C(/C=C\c1ccccc1C)COc1ccc(C(O/N=C(\C)C(=O)O)c2ccc(OCc3ccc4ccccc4n3)cc2)cc1. The number of fused-ring (bicyclic) bond motifs is 1. The number of carbonyl (C=O) groups is 1. The molecule has 0 fully saturated rings. The van der Waals surface area contributed by atoms with Crippen LogP contribution in [-0.2, 0) is 16.2 Å². The molecule has 0 saturated carbocycles. The first-order valence-corrected chi connectivity index (χ1v) is 14.5. The molecule has 1 unspecified atom stereocenters. The third-order valence-corrected chi connectivity index (χ3v) is 7.12. The summed E-state index contributed by atoms with van der Waals surface area (Å²) >= 11 is 0. The van der Waals surface area contributed by atoms with Crippen molar-refractivity contribution in [1.82, 2.24) is 4.98 Å². The van der Waals surface area contributed by atoms with Gasteiger partial charge in [0.15, 0.2) is 11.8 Å². The summed E-state index contributed by atoms with van der Waals surface area (Å²) in [6.07, 6.45) is 3.33. The molecule has 5 aromatic rings. The first-order chi connectivity index (χ1) is 21.9. The highest BCUT2D eigenvalue weighted by Crippen LogP contribution is 2.30. The lowest BCUT2D eigenvalue weighted by Gasteiger charge is -2.17. The number of nitrogens with zero attached hydrogens (tertiary/aromatic N) is 2. The third kappa shape index (κ3) is 8.45. The van der Waals surface area contributed by atoms with Crippen molar-refractivity contribution in [2.75, 3.05) is 6.61 Å². The summed E-state index contributed by atoms with van der Waals surface area (Å²) in [7, 11) is 0. The Morgan fingerprint density at radius 2 is 1.51 bits per heavy atom. The van der Waals surface area contributed by atoms with E-state index in [1.807, 2.05) is 109 Å². The van der Waals surface area contributed by atoms with Crippen LogP contribution in [0.25, 0.3) is 17.0 Å². The Hall–Kier alpha value is -5.69. The first kappa shape index (κ1) is 30.8. The number of pyridine rings is 1. The van der Waals surface area contributed by atoms with Gasteiger partial charge in [-0.3, -0.25) is 0 Å². The van der Waals surface area contributed by atoms with Gasteiger partial charge in [-0.25, -0.2) is 9.78 Å². The summed E-state index contributed by atoms with van der Waals surface area (Å²) in [5.74, 6) is 0.178. The molecule has 1 aromatic heterocycles. The van der Waals surface area contributed by atoms with Crippen LogP contribution in [-0.4, -0.2) is 28.4 Å². The second-order valence-electron chi connectivity index (χ2n) is 10.5. The molecule has 5 rings (SSSR count). The van der Waals surface area contributed by atoms with Gasteiger partial charge in [0.05, 0.1) is 11.2 Å². The summed E-state index contributed by atoms with van der Waals surface area (Å²) in [6.45, 7) is 8.20. The maximum atomic E-state index is 11.3. The van der Waals surface area contributed by atoms with Crippen molar-refractivity contribution in [1.29, 1.82) is 0 Å². The van der Waals surface area contributed by atoms with Crippen LogP contribution in [0.5, 0.6) is 11.5 Å². The van der Waals surface area contributed by atoms with Gasteiger partial charge in [-0.05, 0) is 78.1 Å². The Morgan fingerprint density at radius 1 is 0.867 bits per heavy atom. The van der Waals surface area contributed by atoms with Gasteiger partial charge in [0.25, 0.3) is 0 Å². The number of aryl methyl sites for hydroxylation is 1. The van der Waals surface area contributed by atoms with Crippen LogP contribution in [0.2, 0.25) is 0 Å². The molecule has 0 spiro atoms. The van der Waals surface area contributed by atoms with Crippen LogP contribution in [0, 0.1) is 6.92 Å². The molecule has 1 heterocycles. The van der Waals surface area contributed by atoms with E-state index in [0.29, 0.717) is 24.7 Å². The number of benzene rings is 4. The minimum absolute atomic E-state index is 0.153. The number of rotatable bonds is 13. The number of aromatic nitrogens is 1. The van der Waals surface area contributed by atoms with Crippen molar-refractivity contribution in [2.45, 2.75) is 26.6 Å². The first-order valence-electron chi connectivity index (χ1n) is 14.5. The highest BCUT2D eigenvalue weighted by Gasteiger charge is 2.18. The summed E-state index contributed by atoms with van der Waals surface area (Å²) < 4.78 is 11.9. The van der Waals surface area contributed by atoms with Crippen molar-refractivity contribution in [3.05, 3.63) is 155 Å². The molecular formula is C38H34N2O5. The number of hydrogen-bond donors (Lipinski definition) is 1. The number of para-hydroxylation sites is 1. The zero-order valence-corrected chi connectivity index (χ0v) is 25.2. The summed E-state index contributed by atoms with van der Waals surface area (Å²) in [5, 5.41) is 14.2. The van der Waals surface area contributed by atoms with E-state index in [2.05, 4.69) is 35.8 Å². The average Bonchev–Trinajstić information content (AvgIpc) is 3.07. The third-order valence-electron chi connectivity index (χ3n) is 7.12. The van der Waals surface area contributed by atoms with Crippen molar-refractivity contribution in [3.8, 4) is 11.5 Å². The highest BCUT2D eigenvalue weighted by molar-refractivity contribution is 6.34. The Morgan fingerprint density at radius 3 is 2.20 bits per heavy atom. The fraction of sp³-hybridized carbons (Fsp3) is 0.132. The van der Waals surface area contributed by atoms with Gasteiger partial charge in [0.1, 0.15) is 24.7 Å². The summed E-state index contributed by atoms with van der Waals surface area (Å²) in [6, 6.07) is 34.9. The predicted molar refractivity (Wildman–Crippen MR) is 177 cm³/mol. The Bertz CT molecular complexity index is 1840. The summed E-state index contributed by atoms with van der Waals surface area (Å²) in [5.41, 5.74) is 6.30. The highest BCUT2D eigenvalue weighted by atomic mass is 16.6. The van der Waals surface area contributed by atoms with E-state index >= 15 is 0 Å². The van der Waals surface area contributed by atoms with Crippen molar-refractivity contribution >= 4 is 28.7 Å². The predicted octanol–water partition coefficient (Wildman–Crippen LogP) is 8.34. The zero-order valence-electron chi connectivity index (χ0n) is 25.2. The van der Waals surface area contributed by atoms with E-state index in [4.69, 9.17) is 14.3 Å². The fourth-order valence-electron chi connectivity index (χ4n) is 4.51. The maximum Gasteiger partial charge on any atom is 0.353 e. The lowest BCUT2D eigenvalue weighted by molar-refractivity contribution is -0.129. The van der Waals surface area contributed by atoms with Crippen molar-refractivity contribution < 1.29 is 24.2 Å². The molecule has 0 bridgehead atoms. The molecule has 7 nitrogen and oxygen atoms in total. The number of oxime groups is 1. The largest absolute Gasteiger partial charge is 0.489 e. The molecule has 0 amide bonds. The number of ether oxygens (including phenoxy) is 2. The Kier molecular flexibility index (Phi) is 10.0. The topological polar surface area (TPSA) is 90.2 Å². The fourth-order valence-corrected chi connectivity index (χ4v) is 4.51. The molecule has 4 aromatic carbocycles. The number of hydrogen-bond acceptors (Lipinski definition) is 6. The number of carboxylic acid groups (broad SMARTS) is 1. The molecule has 1 N–H and O–H groups in total. The smallest absolute Gasteiger partial charge is 0.353 e. The molecule has 7 heteroatoms. The van der Waals surface area contributed by atoms with Gasteiger partial charge in [-0.2, -0.15) is 0 Å². The molecule has 0 aliphatic heterocycles. The normalized spacial score (nSPS) is 12.2. The molecular weight excluding hydrogens is 564 g/mol. The Balaban J connectivity index is 1.25. The minimum Gasteiger partial charge on any atom is -0.489 e. The van der Waals surface area contributed by atoms with Crippen molar-refractivity contribution in [2.24, 2.45) is 5.16 Å². The number of aliphatic carboxylic acids is 1. The van der Waals surface area contributed by atoms with Gasteiger partial charge in [-0.15, -0.1) is 0 Å². The second kappa shape index (κ2) is 14.7. The van der Waals surface area contributed by atoms with E-state index in [9.17, 15) is 9.90 Å². The van der Waals surface area contributed by atoms with Crippen LogP contribution in [0.15, 0.2) is 133 Å². The lowest BCUT2D eigenvalue weighted by atomic mass is 10.0. The van der Waals surface area contributed by atoms with E-state index in [-0.39, 0.29) is 5.71 Å². The van der Waals surface area contributed by atoms with Gasteiger partial charge < -0.3 is 19.4 Å². The van der Waals surface area contributed by atoms with Gasteiger partial charge >= 0.3 is 5.97 Å². The molecule has 226 valence electrons. The molecule has 0 saturated heterocycles. The Labute approximate surface area is 262 Å². The molecule has 1 atom stereocenters. The van der Waals surface area contributed by atoms with Crippen LogP contribution >= 0.6 is 0 Å².